The van der Waals surface area contributed by atoms with E-state index >= 15 is 0 Å². The summed E-state index contributed by atoms with van der Waals surface area (Å²) in [4.78, 5) is 0. The van der Waals surface area contributed by atoms with Gasteiger partial charge in [-0.2, -0.15) is 0 Å². The van der Waals surface area contributed by atoms with Crippen molar-refractivity contribution in [2.24, 2.45) is 5.92 Å². The molecule has 2 heteroatoms. The number of benzene rings is 2. The van der Waals surface area contributed by atoms with Gasteiger partial charge in [0.2, 0.25) is 0 Å². The first-order valence-electron chi connectivity index (χ1n) is 9.40. The predicted molar refractivity (Wildman–Crippen MR) is 111 cm³/mol. The van der Waals surface area contributed by atoms with E-state index in [-0.39, 0.29) is 5.41 Å². The van der Waals surface area contributed by atoms with E-state index in [2.05, 4.69) is 57.2 Å². The smallest absolute Gasteiger partial charge is 0.0314 e. The average Bonchev–Trinajstić information content (AvgIpc) is 2.61. The maximum atomic E-state index is 5.91. The lowest BCUT2D eigenvalue weighted by atomic mass is 9.70. The Kier molecular flexibility index (Phi) is 6.69. The summed E-state index contributed by atoms with van der Waals surface area (Å²) in [7, 11) is 0. The lowest BCUT2D eigenvalue weighted by Gasteiger charge is -2.34. The number of hydrogen-bond acceptors (Lipinski definition) is 2. The molecule has 2 rings (SSSR count). The first kappa shape index (κ1) is 19.1. The van der Waals surface area contributed by atoms with E-state index in [1.807, 2.05) is 24.3 Å². The highest BCUT2D eigenvalue weighted by molar-refractivity contribution is 5.49. The molecular weight excluding hydrogens is 304 g/mol. The van der Waals surface area contributed by atoms with E-state index in [0.29, 0.717) is 5.92 Å². The molecule has 1 unspecified atom stereocenters. The van der Waals surface area contributed by atoms with Crippen molar-refractivity contribution in [3.05, 3.63) is 71.8 Å². The summed E-state index contributed by atoms with van der Waals surface area (Å²) < 4.78 is 0. The molecule has 2 aromatic rings. The molecule has 0 heterocycles. The molecule has 4 N–H and O–H groups in total. The highest BCUT2D eigenvalue weighted by Gasteiger charge is 2.31. The van der Waals surface area contributed by atoms with Crippen molar-refractivity contribution in [2.75, 3.05) is 11.5 Å². The van der Waals surface area contributed by atoms with Crippen LogP contribution in [0.25, 0.3) is 0 Å². The molecule has 0 saturated heterocycles. The zero-order valence-electron chi connectivity index (χ0n) is 15.8. The lowest BCUT2D eigenvalue weighted by Crippen LogP contribution is -2.26. The Hall–Kier alpha value is -2.22. The Labute approximate surface area is 152 Å². The SMILES string of the molecule is CCCC(C)/C=C/CC(CC)(c1ccc(N)cc1)c1ccc(N)cc1. The van der Waals surface area contributed by atoms with Crippen LogP contribution in [-0.2, 0) is 5.41 Å². The normalized spacial score (nSPS) is 13.2. The molecule has 0 aromatic heterocycles. The van der Waals surface area contributed by atoms with Gasteiger partial charge >= 0.3 is 0 Å². The van der Waals surface area contributed by atoms with Gasteiger partial charge in [-0.25, -0.2) is 0 Å². The molecule has 1 atom stereocenters. The molecule has 0 aliphatic rings. The predicted octanol–water partition coefficient (Wildman–Crippen LogP) is 5.93. The quantitative estimate of drug-likeness (QED) is 0.463. The molecule has 0 aliphatic carbocycles. The largest absolute Gasteiger partial charge is 0.399 e. The fourth-order valence-corrected chi connectivity index (χ4v) is 3.61. The van der Waals surface area contributed by atoms with Crippen LogP contribution in [0.4, 0.5) is 11.4 Å². The molecule has 0 aliphatic heterocycles. The van der Waals surface area contributed by atoms with E-state index in [1.54, 1.807) is 0 Å². The summed E-state index contributed by atoms with van der Waals surface area (Å²) >= 11 is 0. The van der Waals surface area contributed by atoms with Crippen LogP contribution in [0.5, 0.6) is 0 Å². The number of nitrogen functional groups attached to an aromatic ring is 2. The topological polar surface area (TPSA) is 52.0 Å². The van der Waals surface area contributed by atoms with Crippen molar-refractivity contribution >= 4 is 11.4 Å². The van der Waals surface area contributed by atoms with Crippen LogP contribution in [0.3, 0.4) is 0 Å². The lowest BCUT2D eigenvalue weighted by molar-refractivity contribution is 0.499. The Morgan fingerprint density at radius 1 is 0.880 bits per heavy atom. The zero-order chi connectivity index (χ0) is 18.3. The Morgan fingerprint density at radius 3 is 1.76 bits per heavy atom. The molecule has 134 valence electrons. The minimum absolute atomic E-state index is 0.0518. The van der Waals surface area contributed by atoms with E-state index < -0.39 is 0 Å². The van der Waals surface area contributed by atoms with Gasteiger partial charge in [0.1, 0.15) is 0 Å². The minimum atomic E-state index is -0.0518. The fourth-order valence-electron chi connectivity index (χ4n) is 3.61. The van der Waals surface area contributed by atoms with Crippen LogP contribution in [0, 0.1) is 5.92 Å². The van der Waals surface area contributed by atoms with Crippen molar-refractivity contribution in [1.29, 1.82) is 0 Å². The van der Waals surface area contributed by atoms with Crippen molar-refractivity contribution in [3.63, 3.8) is 0 Å². The molecule has 0 fully saturated rings. The van der Waals surface area contributed by atoms with E-state index in [4.69, 9.17) is 11.5 Å². The van der Waals surface area contributed by atoms with Gasteiger partial charge < -0.3 is 11.5 Å². The van der Waals surface area contributed by atoms with Gasteiger partial charge in [-0.1, -0.05) is 63.6 Å². The van der Waals surface area contributed by atoms with Crippen LogP contribution in [0.1, 0.15) is 57.6 Å². The van der Waals surface area contributed by atoms with E-state index in [1.165, 1.54) is 24.0 Å². The van der Waals surface area contributed by atoms with Crippen molar-refractivity contribution in [2.45, 2.75) is 51.9 Å². The van der Waals surface area contributed by atoms with Gasteiger partial charge in [0.25, 0.3) is 0 Å². The van der Waals surface area contributed by atoms with E-state index in [9.17, 15) is 0 Å². The summed E-state index contributed by atoms with van der Waals surface area (Å²) in [6.45, 7) is 6.79. The summed E-state index contributed by atoms with van der Waals surface area (Å²) in [6.07, 6.45) is 9.18. The number of hydrogen-bond donors (Lipinski definition) is 2. The Balaban J connectivity index is 2.42. The van der Waals surface area contributed by atoms with Gasteiger partial charge in [0.05, 0.1) is 0 Å². The second kappa shape index (κ2) is 8.75. The van der Waals surface area contributed by atoms with Gasteiger partial charge in [-0.15, -0.1) is 0 Å². The molecule has 0 saturated carbocycles. The minimum Gasteiger partial charge on any atom is -0.399 e. The highest BCUT2D eigenvalue weighted by atomic mass is 14.5. The summed E-state index contributed by atoms with van der Waals surface area (Å²) in [5.41, 5.74) is 16.0. The molecule has 25 heavy (non-hydrogen) atoms. The first-order chi connectivity index (χ1) is 12.0. The summed E-state index contributed by atoms with van der Waals surface area (Å²) in [6, 6.07) is 16.7. The third kappa shape index (κ3) is 4.66. The summed E-state index contributed by atoms with van der Waals surface area (Å²) in [5, 5.41) is 0. The molecule has 0 radical (unpaired) electrons. The zero-order valence-corrected chi connectivity index (χ0v) is 15.8. The third-order valence-corrected chi connectivity index (χ3v) is 5.21. The van der Waals surface area contributed by atoms with Crippen molar-refractivity contribution in [3.8, 4) is 0 Å². The maximum Gasteiger partial charge on any atom is 0.0314 e. The maximum absolute atomic E-state index is 5.91. The third-order valence-electron chi connectivity index (χ3n) is 5.21. The average molecular weight is 337 g/mol. The molecule has 2 nitrogen and oxygen atoms in total. The van der Waals surface area contributed by atoms with Crippen LogP contribution < -0.4 is 11.5 Å². The van der Waals surface area contributed by atoms with Gasteiger partial charge in [0, 0.05) is 16.8 Å². The number of rotatable bonds is 8. The molecular formula is C23H32N2. The second-order valence-electron chi connectivity index (χ2n) is 7.08. The monoisotopic (exact) mass is 336 g/mol. The molecule has 0 bridgehead atoms. The number of anilines is 2. The fraction of sp³-hybridized carbons (Fsp3) is 0.391. The van der Waals surface area contributed by atoms with Crippen LogP contribution in [0.2, 0.25) is 0 Å². The van der Waals surface area contributed by atoms with Gasteiger partial charge in [0.15, 0.2) is 0 Å². The number of allylic oxidation sites excluding steroid dienone is 2. The molecule has 2 aromatic carbocycles. The van der Waals surface area contributed by atoms with Crippen molar-refractivity contribution in [1.82, 2.24) is 0 Å². The van der Waals surface area contributed by atoms with Crippen LogP contribution in [-0.4, -0.2) is 0 Å². The Morgan fingerprint density at radius 2 is 1.36 bits per heavy atom. The first-order valence-corrected chi connectivity index (χ1v) is 9.40. The number of nitrogens with two attached hydrogens (primary N) is 2. The highest BCUT2D eigenvalue weighted by Crippen LogP contribution is 2.40. The van der Waals surface area contributed by atoms with Crippen molar-refractivity contribution < 1.29 is 0 Å². The van der Waals surface area contributed by atoms with E-state index in [0.717, 1.165) is 24.2 Å². The van der Waals surface area contributed by atoms with Gasteiger partial charge in [-0.05, 0) is 60.6 Å². The van der Waals surface area contributed by atoms with Gasteiger partial charge in [-0.3, -0.25) is 0 Å². The summed E-state index contributed by atoms with van der Waals surface area (Å²) in [5.74, 6) is 0.623. The Bertz CT molecular complexity index is 623. The molecule has 0 spiro atoms. The molecule has 0 amide bonds. The standard InChI is InChI=1S/C23H32N2/c1-4-7-18(3)8-6-17-23(5-2,19-9-13-21(24)14-10-19)20-11-15-22(25)16-12-20/h6,8-16,18H,4-5,7,17,24-25H2,1-3H3/b8-6+. The van der Waals surface area contributed by atoms with Crippen LogP contribution in [0.15, 0.2) is 60.7 Å². The van der Waals surface area contributed by atoms with Crippen LogP contribution >= 0.6 is 0 Å². The second-order valence-corrected chi connectivity index (χ2v) is 7.08.